The van der Waals surface area contributed by atoms with Gasteiger partial charge in [0.15, 0.2) is 0 Å². The molecule has 0 spiro atoms. The van der Waals surface area contributed by atoms with Crippen molar-refractivity contribution in [2.75, 3.05) is 10.7 Å². The SMILES string of the molecule is CC1=NN(c2ccc(N)nc2)C(=O)[C@@H]1C(C)C. The first-order valence-electron chi connectivity index (χ1n) is 5.61. The van der Waals surface area contributed by atoms with Crippen molar-refractivity contribution in [2.45, 2.75) is 20.8 Å². The third-order valence-corrected chi connectivity index (χ3v) is 2.86. The van der Waals surface area contributed by atoms with Gasteiger partial charge in [-0.15, -0.1) is 0 Å². The summed E-state index contributed by atoms with van der Waals surface area (Å²) in [7, 11) is 0. The van der Waals surface area contributed by atoms with Gasteiger partial charge in [0.25, 0.3) is 5.91 Å². The molecule has 2 heterocycles. The van der Waals surface area contributed by atoms with Gasteiger partial charge in [-0.1, -0.05) is 13.8 Å². The van der Waals surface area contributed by atoms with Crippen LogP contribution in [0.5, 0.6) is 0 Å². The lowest BCUT2D eigenvalue weighted by atomic mass is 9.92. The summed E-state index contributed by atoms with van der Waals surface area (Å²) in [4.78, 5) is 16.2. The van der Waals surface area contributed by atoms with Crippen LogP contribution in [0.4, 0.5) is 11.5 Å². The molecule has 0 aliphatic carbocycles. The molecule has 1 amide bonds. The molecule has 1 aliphatic heterocycles. The lowest BCUT2D eigenvalue weighted by Crippen LogP contribution is -2.30. The molecule has 0 aromatic carbocycles. The van der Waals surface area contributed by atoms with Gasteiger partial charge in [-0.05, 0) is 25.0 Å². The monoisotopic (exact) mass is 232 g/mol. The fraction of sp³-hybridized carbons (Fsp3) is 0.417. The molecule has 0 radical (unpaired) electrons. The summed E-state index contributed by atoms with van der Waals surface area (Å²) >= 11 is 0. The number of amides is 1. The molecule has 5 heteroatoms. The molecule has 90 valence electrons. The van der Waals surface area contributed by atoms with E-state index in [9.17, 15) is 4.79 Å². The molecule has 1 atom stereocenters. The second-order valence-corrected chi connectivity index (χ2v) is 4.55. The number of rotatable bonds is 2. The quantitative estimate of drug-likeness (QED) is 0.842. The van der Waals surface area contributed by atoms with Gasteiger partial charge >= 0.3 is 0 Å². The van der Waals surface area contributed by atoms with Crippen LogP contribution in [0.3, 0.4) is 0 Å². The molecule has 5 nitrogen and oxygen atoms in total. The molecule has 1 aliphatic rings. The first-order valence-corrected chi connectivity index (χ1v) is 5.61. The molecule has 2 rings (SSSR count). The third kappa shape index (κ3) is 2.00. The Bertz CT molecular complexity index is 464. The fourth-order valence-corrected chi connectivity index (χ4v) is 2.05. The summed E-state index contributed by atoms with van der Waals surface area (Å²) in [5.41, 5.74) is 7.02. The van der Waals surface area contributed by atoms with Crippen molar-refractivity contribution < 1.29 is 4.79 Å². The van der Waals surface area contributed by atoms with Crippen molar-refractivity contribution >= 4 is 23.1 Å². The smallest absolute Gasteiger partial charge is 0.256 e. The van der Waals surface area contributed by atoms with Gasteiger partial charge in [0.2, 0.25) is 0 Å². The van der Waals surface area contributed by atoms with E-state index in [1.165, 1.54) is 5.01 Å². The van der Waals surface area contributed by atoms with Crippen LogP contribution < -0.4 is 10.7 Å². The number of hydrazone groups is 1. The number of anilines is 2. The molecule has 1 aromatic heterocycles. The Morgan fingerprint density at radius 3 is 2.59 bits per heavy atom. The lowest BCUT2D eigenvalue weighted by Gasteiger charge is -2.16. The predicted molar refractivity (Wildman–Crippen MR) is 67.6 cm³/mol. The highest BCUT2D eigenvalue weighted by atomic mass is 16.2. The van der Waals surface area contributed by atoms with Crippen LogP contribution in [0.15, 0.2) is 23.4 Å². The predicted octanol–water partition coefficient (Wildman–Crippen LogP) is 1.66. The Labute approximate surface area is 100 Å². The van der Waals surface area contributed by atoms with Crippen molar-refractivity contribution in [3.63, 3.8) is 0 Å². The number of pyridine rings is 1. The first-order chi connectivity index (χ1) is 8.00. The maximum absolute atomic E-state index is 12.2. The molecule has 0 bridgehead atoms. The Kier molecular flexibility index (Phi) is 2.83. The molecule has 0 saturated heterocycles. The minimum atomic E-state index is -0.132. The normalized spacial score (nSPS) is 20.0. The highest BCUT2D eigenvalue weighted by Gasteiger charge is 2.36. The molecule has 0 unspecified atom stereocenters. The largest absolute Gasteiger partial charge is 0.384 e. The van der Waals surface area contributed by atoms with Crippen LogP contribution in [0.1, 0.15) is 20.8 Å². The summed E-state index contributed by atoms with van der Waals surface area (Å²) in [5.74, 6) is 0.552. The van der Waals surface area contributed by atoms with Crippen LogP contribution in [0.25, 0.3) is 0 Å². The highest BCUT2D eigenvalue weighted by molar-refractivity contribution is 6.14. The van der Waals surface area contributed by atoms with Crippen molar-refractivity contribution in [1.82, 2.24) is 4.98 Å². The summed E-state index contributed by atoms with van der Waals surface area (Å²) in [6.45, 7) is 5.92. The van der Waals surface area contributed by atoms with Crippen molar-refractivity contribution in [2.24, 2.45) is 16.9 Å². The van der Waals surface area contributed by atoms with E-state index in [0.717, 1.165) is 5.71 Å². The Balaban J connectivity index is 2.31. The highest BCUT2D eigenvalue weighted by Crippen LogP contribution is 2.27. The minimum absolute atomic E-state index is 0.00377. The number of nitrogens with two attached hydrogens (primary N) is 1. The molecular formula is C12H16N4O. The molecule has 0 saturated carbocycles. The topological polar surface area (TPSA) is 71.6 Å². The van der Waals surface area contributed by atoms with Crippen LogP contribution in [-0.2, 0) is 4.79 Å². The van der Waals surface area contributed by atoms with Gasteiger partial charge in [0, 0.05) is 5.71 Å². The number of nitrogens with zero attached hydrogens (tertiary/aromatic N) is 3. The summed E-state index contributed by atoms with van der Waals surface area (Å²) in [6.07, 6.45) is 1.56. The molecule has 17 heavy (non-hydrogen) atoms. The molecular weight excluding hydrogens is 216 g/mol. The van der Waals surface area contributed by atoms with Gasteiger partial charge in [-0.3, -0.25) is 4.79 Å². The second-order valence-electron chi connectivity index (χ2n) is 4.55. The van der Waals surface area contributed by atoms with Gasteiger partial charge in [-0.25, -0.2) is 4.98 Å². The average Bonchev–Trinajstić information content (AvgIpc) is 2.55. The maximum Gasteiger partial charge on any atom is 0.256 e. The van der Waals surface area contributed by atoms with Crippen LogP contribution in [-0.4, -0.2) is 16.6 Å². The van der Waals surface area contributed by atoms with E-state index in [1.807, 2.05) is 20.8 Å². The van der Waals surface area contributed by atoms with Crippen molar-refractivity contribution in [3.05, 3.63) is 18.3 Å². The summed E-state index contributed by atoms with van der Waals surface area (Å²) in [5, 5.41) is 5.70. The van der Waals surface area contributed by atoms with E-state index in [1.54, 1.807) is 18.3 Å². The third-order valence-electron chi connectivity index (χ3n) is 2.86. The van der Waals surface area contributed by atoms with Crippen molar-refractivity contribution in [1.29, 1.82) is 0 Å². The van der Waals surface area contributed by atoms with E-state index in [0.29, 0.717) is 11.5 Å². The number of carbonyl (C=O) groups is 1. The Morgan fingerprint density at radius 2 is 2.12 bits per heavy atom. The number of hydrogen-bond donors (Lipinski definition) is 1. The number of nitrogen functional groups attached to an aromatic ring is 1. The Morgan fingerprint density at radius 1 is 1.41 bits per heavy atom. The zero-order valence-electron chi connectivity index (χ0n) is 10.2. The molecule has 1 aromatic rings. The van der Waals surface area contributed by atoms with Gasteiger partial charge in [0.05, 0.1) is 17.8 Å². The number of aromatic nitrogens is 1. The minimum Gasteiger partial charge on any atom is -0.384 e. The van der Waals surface area contributed by atoms with Gasteiger partial charge < -0.3 is 5.73 Å². The van der Waals surface area contributed by atoms with Crippen LogP contribution >= 0.6 is 0 Å². The standard InChI is InChI=1S/C12H16N4O/c1-7(2)11-8(3)15-16(12(11)17)9-4-5-10(13)14-6-9/h4-7,11H,1-3H3,(H2,13,14)/t11-/m1/s1. The van der Waals surface area contributed by atoms with Crippen molar-refractivity contribution in [3.8, 4) is 0 Å². The lowest BCUT2D eigenvalue weighted by molar-refractivity contribution is -0.120. The Hall–Kier alpha value is -1.91. The van der Waals surface area contributed by atoms with Gasteiger partial charge in [-0.2, -0.15) is 10.1 Å². The zero-order chi connectivity index (χ0) is 12.6. The molecule has 2 N–H and O–H groups in total. The maximum atomic E-state index is 12.2. The van der Waals surface area contributed by atoms with E-state index in [-0.39, 0.29) is 17.7 Å². The number of hydrogen-bond acceptors (Lipinski definition) is 4. The number of carbonyl (C=O) groups excluding carboxylic acids is 1. The van der Waals surface area contributed by atoms with E-state index in [2.05, 4.69) is 10.1 Å². The van der Waals surface area contributed by atoms with Crippen LogP contribution in [0, 0.1) is 11.8 Å². The first kappa shape index (κ1) is 11.6. The van der Waals surface area contributed by atoms with Crippen LogP contribution in [0.2, 0.25) is 0 Å². The van der Waals surface area contributed by atoms with E-state index in [4.69, 9.17) is 5.73 Å². The molecule has 0 fully saturated rings. The summed E-state index contributed by atoms with van der Waals surface area (Å²) < 4.78 is 0. The fourth-order valence-electron chi connectivity index (χ4n) is 2.05. The van der Waals surface area contributed by atoms with E-state index >= 15 is 0 Å². The average molecular weight is 232 g/mol. The zero-order valence-corrected chi connectivity index (χ0v) is 10.2. The van der Waals surface area contributed by atoms with Gasteiger partial charge in [0.1, 0.15) is 5.82 Å². The second kappa shape index (κ2) is 4.16. The summed E-state index contributed by atoms with van der Waals surface area (Å²) in [6, 6.07) is 3.41. The van der Waals surface area contributed by atoms with E-state index < -0.39 is 0 Å².